The molecule has 0 saturated carbocycles. The molecule has 0 fully saturated rings. The summed E-state index contributed by atoms with van der Waals surface area (Å²) in [5.74, 6) is 1.40. The van der Waals surface area contributed by atoms with Crippen molar-refractivity contribution in [3.05, 3.63) is 11.9 Å². The first-order valence-corrected chi connectivity index (χ1v) is 5.47. The molecule has 0 atom stereocenters. The molecule has 0 spiro atoms. The van der Waals surface area contributed by atoms with E-state index in [2.05, 4.69) is 38.0 Å². The van der Waals surface area contributed by atoms with Gasteiger partial charge in [0.1, 0.15) is 0 Å². The lowest BCUT2D eigenvalue weighted by atomic mass is 10.1. The van der Waals surface area contributed by atoms with E-state index in [-0.39, 0.29) is 0 Å². The number of aryl methyl sites for hydroxylation is 1. The fourth-order valence-corrected chi connectivity index (χ4v) is 1.42. The molecule has 0 aliphatic rings. The highest BCUT2D eigenvalue weighted by molar-refractivity contribution is 4.94. The highest BCUT2D eigenvalue weighted by Gasteiger charge is 2.06. The van der Waals surface area contributed by atoms with E-state index in [1.165, 1.54) is 12.1 Å². The van der Waals surface area contributed by atoms with E-state index in [9.17, 15) is 0 Å². The van der Waals surface area contributed by atoms with Gasteiger partial charge in [0.05, 0.1) is 11.9 Å². The average Bonchev–Trinajstić information content (AvgIpc) is 2.47. The van der Waals surface area contributed by atoms with Crippen molar-refractivity contribution in [3.63, 3.8) is 0 Å². The van der Waals surface area contributed by atoms with Crippen LogP contribution in [0.15, 0.2) is 6.20 Å². The Hall–Kier alpha value is -0.860. The van der Waals surface area contributed by atoms with Gasteiger partial charge in [0, 0.05) is 6.54 Å². The van der Waals surface area contributed by atoms with Crippen LogP contribution in [0, 0.1) is 11.8 Å². The largest absolute Gasteiger partial charge is 0.249 e. The monoisotopic (exact) mass is 195 g/mol. The zero-order valence-corrected chi connectivity index (χ0v) is 9.70. The van der Waals surface area contributed by atoms with Crippen molar-refractivity contribution in [3.8, 4) is 0 Å². The summed E-state index contributed by atoms with van der Waals surface area (Å²) < 4.78 is 2.04. The van der Waals surface area contributed by atoms with Crippen molar-refractivity contribution in [2.75, 3.05) is 0 Å². The molecule has 0 aromatic carbocycles. The van der Waals surface area contributed by atoms with Crippen LogP contribution in [-0.2, 0) is 13.0 Å². The molecule has 3 heteroatoms. The predicted octanol–water partition coefficient (Wildman–Crippen LogP) is 2.52. The van der Waals surface area contributed by atoms with Gasteiger partial charge in [-0.2, -0.15) is 0 Å². The summed E-state index contributed by atoms with van der Waals surface area (Å²) in [6.07, 6.45) is 4.14. The van der Waals surface area contributed by atoms with Crippen molar-refractivity contribution >= 4 is 0 Å². The standard InChI is InChI=1S/C11H21N3/c1-9(2)5-6-14-11(7-10(3)4)8-12-13-14/h8-10H,5-7H2,1-4H3. The van der Waals surface area contributed by atoms with E-state index >= 15 is 0 Å². The normalized spacial score (nSPS) is 11.6. The van der Waals surface area contributed by atoms with Gasteiger partial charge in [-0.05, 0) is 24.7 Å². The Morgan fingerprint density at radius 3 is 2.50 bits per heavy atom. The molecule has 0 aliphatic heterocycles. The minimum absolute atomic E-state index is 0.672. The third-order valence-electron chi connectivity index (χ3n) is 2.23. The molecule has 0 radical (unpaired) electrons. The first kappa shape index (κ1) is 11.2. The van der Waals surface area contributed by atoms with Gasteiger partial charge in [-0.1, -0.05) is 32.9 Å². The smallest absolute Gasteiger partial charge is 0.0725 e. The quantitative estimate of drug-likeness (QED) is 0.722. The van der Waals surface area contributed by atoms with Crippen LogP contribution < -0.4 is 0 Å². The Labute approximate surface area is 86.5 Å². The van der Waals surface area contributed by atoms with Gasteiger partial charge in [0.15, 0.2) is 0 Å². The lowest BCUT2D eigenvalue weighted by molar-refractivity contribution is 0.458. The Balaban J connectivity index is 2.53. The second-order valence-electron chi connectivity index (χ2n) is 4.73. The molecule has 0 saturated heterocycles. The first-order chi connectivity index (χ1) is 6.59. The fourth-order valence-electron chi connectivity index (χ4n) is 1.42. The van der Waals surface area contributed by atoms with E-state index in [1.807, 2.05) is 10.9 Å². The summed E-state index contributed by atoms with van der Waals surface area (Å²) in [5, 5.41) is 8.07. The highest BCUT2D eigenvalue weighted by Crippen LogP contribution is 2.08. The zero-order valence-electron chi connectivity index (χ0n) is 9.70. The highest BCUT2D eigenvalue weighted by atomic mass is 15.4. The summed E-state index contributed by atoms with van der Waals surface area (Å²) in [7, 11) is 0. The molecule has 1 aromatic rings. The van der Waals surface area contributed by atoms with Crippen LogP contribution in [0.2, 0.25) is 0 Å². The predicted molar refractivity (Wildman–Crippen MR) is 58.0 cm³/mol. The van der Waals surface area contributed by atoms with E-state index in [1.54, 1.807) is 0 Å². The Morgan fingerprint density at radius 2 is 1.93 bits per heavy atom. The SMILES string of the molecule is CC(C)CCn1nncc1CC(C)C. The number of rotatable bonds is 5. The second kappa shape index (κ2) is 5.13. The number of aromatic nitrogens is 3. The van der Waals surface area contributed by atoms with Crippen molar-refractivity contribution in [1.29, 1.82) is 0 Å². The molecule has 80 valence electrons. The van der Waals surface area contributed by atoms with Gasteiger partial charge >= 0.3 is 0 Å². The summed E-state index contributed by atoms with van der Waals surface area (Å²) in [6.45, 7) is 9.91. The van der Waals surface area contributed by atoms with Gasteiger partial charge < -0.3 is 0 Å². The van der Waals surface area contributed by atoms with E-state index in [0.717, 1.165) is 18.9 Å². The number of nitrogens with zero attached hydrogens (tertiary/aromatic N) is 3. The number of hydrogen-bond acceptors (Lipinski definition) is 2. The fraction of sp³-hybridized carbons (Fsp3) is 0.818. The maximum atomic E-state index is 4.11. The summed E-state index contributed by atoms with van der Waals surface area (Å²) >= 11 is 0. The zero-order chi connectivity index (χ0) is 10.6. The van der Waals surface area contributed by atoms with Gasteiger partial charge in [0.2, 0.25) is 0 Å². The average molecular weight is 195 g/mol. The molecule has 0 aliphatic carbocycles. The Kier molecular flexibility index (Phi) is 4.11. The lowest BCUT2D eigenvalue weighted by Crippen LogP contribution is -2.09. The molecule has 14 heavy (non-hydrogen) atoms. The summed E-state index contributed by atoms with van der Waals surface area (Å²) in [6, 6.07) is 0. The van der Waals surface area contributed by atoms with Gasteiger partial charge in [-0.25, -0.2) is 4.68 Å². The molecule has 0 bridgehead atoms. The van der Waals surface area contributed by atoms with Gasteiger partial charge in [-0.15, -0.1) is 5.10 Å². The molecule has 1 heterocycles. The van der Waals surface area contributed by atoms with Crippen LogP contribution in [0.1, 0.15) is 39.8 Å². The maximum absolute atomic E-state index is 4.11. The molecule has 0 unspecified atom stereocenters. The third-order valence-corrected chi connectivity index (χ3v) is 2.23. The van der Waals surface area contributed by atoms with Gasteiger partial charge in [0.25, 0.3) is 0 Å². The molecular weight excluding hydrogens is 174 g/mol. The summed E-state index contributed by atoms with van der Waals surface area (Å²) in [5.41, 5.74) is 1.26. The maximum Gasteiger partial charge on any atom is 0.0725 e. The molecule has 1 rings (SSSR count). The van der Waals surface area contributed by atoms with E-state index in [0.29, 0.717) is 5.92 Å². The van der Waals surface area contributed by atoms with Crippen molar-refractivity contribution < 1.29 is 0 Å². The van der Waals surface area contributed by atoms with E-state index < -0.39 is 0 Å². The van der Waals surface area contributed by atoms with Crippen LogP contribution in [0.4, 0.5) is 0 Å². The van der Waals surface area contributed by atoms with Crippen LogP contribution >= 0.6 is 0 Å². The van der Waals surface area contributed by atoms with E-state index in [4.69, 9.17) is 0 Å². The molecular formula is C11H21N3. The first-order valence-electron chi connectivity index (χ1n) is 5.47. The molecule has 0 amide bonds. The lowest BCUT2D eigenvalue weighted by Gasteiger charge is -2.09. The van der Waals surface area contributed by atoms with Crippen molar-refractivity contribution in [2.45, 2.75) is 47.1 Å². The van der Waals surface area contributed by atoms with Crippen LogP contribution in [-0.4, -0.2) is 15.0 Å². The third kappa shape index (κ3) is 3.48. The number of hydrogen-bond donors (Lipinski definition) is 0. The van der Waals surface area contributed by atoms with Crippen molar-refractivity contribution in [2.24, 2.45) is 11.8 Å². The molecule has 1 aromatic heterocycles. The Morgan fingerprint density at radius 1 is 1.21 bits per heavy atom. The van der Waals surface area contributed by atoms with Crippen LogP contribution in [0.5, 0.6) is 0 Å². The summed E-state index contributed by atoms with van der Waals surface area (Å²) in [4.78, 5) is 0. The van der Waals surface area contributed by atoms with Gasteiger partial charge in [-0.3, -0.25) is 0 Å². The molecule has 3 nitrogen and oxygen atoms in total. The van der Waals surface area contributed by atoms with Crippen LogP contribution in [0.3, 0.4) is 0 Å². The minimum atomic E-state index is 0.672. The second-order valence-corrected chi connectivity index (χ2v) is 4.73. The topological polar surface area (TPSA) is 30.7 Å². The van der Waals surface area contributed by atoms with Crippen LogP contribution in [0.25, 0.3) is 0 Å². The minimum Gasteiger partial charge on any atom is -0.249 e. The molecule has 0 N–H and O–H groups in total. The Bertz CT molecular complexity index is 263. The van der Waals surface area contributed by atoms with Crippen molar-refractivity contribution in [1.82, 2.24) is 15.0 Å².